The van der Waals surface area contributed by atoms with E-state index in [2.05, 4.69) is 29.3 Å². The van der Waals surface area contributed by atoms with Gasteiger partial charge in [-0.1, -0.05) is 18.2 Å². The molecule has 1 saturated heterocycles. The largest absolute Gasteiger partial charge is 0.459 e. The number of hydrogen-bond donors (Lipinski definition) is 2. The first-order chi connectivity index (χ1) is 11.3. The van der Waals surface area contributed by atoms with E-state index in [4.69, 9.17) is 4.42 Å². The molecule has 0 aliphatic carbocycles. The number of unbranched alkanes of at least 4 members (excludes halogenated alkanes) is 1. The Hall–Kier alpha value is -1.36. The number of para-hydroxylation sites is 1. The Balaban J connectivity index is 1.38. The Labute approximate surface area is 138 Å². The van der Waals surface area contributed by atoms with Gasteiger partial charge in [0.05, 0.1) is 12.6 Å². The zero-order valence-electron chi connectivity index (χ0n) is 14.0. The van der Waals surface area contributed by atoms with E-state index in [-0.39, 0.29) is 6.04 Å². The first kappa shape index (κ1) is 16.5. The summed E-state index contributed by atoms with van der Waals surface area (Å²) >= 11 is 0. The topological polar surface area (TPSA) is 48.6 Å². The Morgan fingerprint density at radius 2 is 2.22 bits per heavy atom. The molecule has 2 heterocycles. The standard InChI is InChI=1S/C19H28N2O2/c1-15(19-13-16-7-2-3-9-18(16)23-19)20-10-4-5-11-21-12-6-8-17(21)14-22/h2-3,7,9,13,15,17,20,22H,4-6,8,10-12,14H2,1H3. The van der Waals surface area contributed by atoms with Crippen LogP contribution in [0.5, 0.6) is 0 Å². The van der Waals surface area contributed by atoms with Gasteiger partial charge >= 0.3 is 0 Å². The third-order valence-electron chi connectivity index (χ3n) is 4.90. The summed E-state index contributed by atoms with van der Waals surface area (Å²) < 4.78 is 5.90. The number of likely N-dealkylation sites (tertiary alicyclic amines) is 1. The van der Waals surface area contributed by atoms with Crippen LogP contribution in [0.1, 0.15) is 44.4 Å². The van der Waals surface area contributed by atoms with Crippen LogP contribution in [0.25, 0.3) is 11.0 Å². The van der Waals surface area contributed by atoms with E-state index >= 15 is 0 Å². The molecule has 23 heavy (non-hydrogen) atoms. The number of furan rings is 1. The van der Waals surface area contributed by atoms with E-state index in [9.17, 15) is 5.11 Å². The molecule has 2 aromatic rings. The van der Waals surface area contributed by atoms with Crippen LogP contribution < -0.4 is 5.32 Å². The van der Waals surface area contributed by atoms with Crippen LogP contribution in [-0.4, -0.2) is 42.3 Å². The smallest absolute Gasteiger partial charge is 0.134 e. The normalized spacial score (nSPS) is 20.3. The summed E-state index contributed by atoms with van der Waals surface area (Å²) in [5.41, 5.74) is 0.959. The van der Waals surface area contributed by atoms with Crippen molar-refractivity contribution < 1.29 is 9.52 Å². The number of nitrogens with one attached hydrogen (secondary N) is 1. The van der Waals surface area contributed by atoms with Crippen molar-refractivity contribution in [3.8, 4) is 0 Å². The Bertz CT molecular complexity index is 577. The minimum Gasteiger partial charge on any atom is -0.459 e. The van der Waals surface area contributed by atoms with Gasteiger partial charge in [0.15, 0.2) is 0 Å². The summed E-state index contributed by atoms with van der Waals surface area (Å²) in [6.45, 7) is 5.71. The van der Waals surface area contributed by atoms with Gasteiger partial charge in [-0.2, -0.15) is 0 Å². The number of hydrogen-bond acceptors (Lipinski definition) is 4. The van der Waals surface area contributed by atoms with E-state index in [1.165, 1.54) is 18.2 Å². The van der Waals surface area contributed by atoms with Gasteiger partial charge in [-0.05, 0) is 64.4 Å². The van der Waals surface area contributed by atoms with Crippen molar-refractivity contribution in [1.82, 2.24) is 10.2 Å². The van der Waals surface area contributed by atoms with Crippen LogP contribution in [0.4, 0.5) is 0 Å². The molecule has 2 unspecified atom stereocenters. The third kappa shape index (κ3) is 4.14. The first-order valence-electron chi connectivity index (χ1n) is 8.84. The molecule has 3 rings (SSSR count). The lowest BCUT2D eigenvalue weighted by atomic mass is 10.2. The van der Waals surface area contributed by atoms with Crippen LogP contribution in [0.2, 0.25) is 0 Å². The molecule has 2 N–H and O–H groups in total. The summed E-state index contributed by atoms with van der Waals surface area (Å²) in [5.74, 6) is 1.01. The average molecular weight is 316 g/mol. The first-order valence-corrected chi connectivity index (χ1v) is 8.84. The molecule has 1 aromatic heterocycles. The Kier molecular flexibility index (Phi) is 5.70. The molecule has 2 atom stereocenters. The van der Waals surface area contributed by atoms with Crippen LogP contribution >= 0.6 is 0 Å². The molecule has 0 saturated carbocycles. The predicted molar refractivity (Wildman–Crippen MR) is 93.5 cm³/mol. The number of nitrogens with zero attached hydrogens (tertiary/aromatic N) is 1. The third-order valence-corrected chi connectivity index (χ3v) is 4.90. The molecule has 0 bridgehead atoms. The van der Waals surface area contributed by atoms with Gasteiger partial charge in [0, 0.05) is 11.4 Å². The molecule has 0 radical (unpaired) electrons. The predicted octanol–water partition coefficient (Wildman–Crippen LogP) is 3.32. The number of aliphatic hydroxyl groups is 1. The highest BCUT2D eigenvalue weighted by Crippen LogP contribution is 2.23. The van der Waals surface area contributed by atoms with E-state index in [1.54, 1.807) is 0 Å². The lowest BCUT2D eigenvalue weighted by molar-refractivity contribution is 0.157. The molecule has 1 aliphatic heterocycles. The van der Waals surface area contributed by atoms with E-state index in [1.807, 2.05) is 18.2 Å². The van der Waals surface area contributed by atoms with Crippen LogP contribution in [0, 0.1) is 0 Å². The summed E-state index contributed by atoms with van der Waals surface area (Å²) in [6.07, 6.45) is 4.71. The summed E-state index contributed by atoms with van der Waals surface area (Å²) in [4.78, 5) is 2.43. The Morgan fingerprint density at radius 3 is 3.04 bits per heavy atom. The second-order valence-corrected chi connectivity index (χ2v) is 6.58. The molecule has 1 aliphatic rings. The van der Waals surface area contributed by atoms with Crippen LogP contribution in [0.15, 0.2) is 34.7 Å². The summed E-state index contributed by atoms with van der Waals surface area (Å²) in [7, 11) is 0. The molecule has 4 heteroatoms. The fourth-order valence-electron chi connectivity index (χ4n) is 3.47. The molecular formula is C19H28N2O2. The fourth-order valence-corrected chi connectivity index (χ4v) is 3.47. The summed E-state index contributed by atoms with van der Waals surface area (Å²) in [6, 6.07) is 10.9. The minimum absolute atomic E-state index is 0.236. The second kappa shape index (κ2) is 7.95. The maximum atomic E-state index is 9.33. The highest BCUT2D eigenvalue weighted by Gasteiger charge is 2.22. The van der Waals surface area contributed by atoms with E-state index in [0.717, 1.165) is 43.8 Å². The monoisotopic (exact) mass is 316 g/mol. The van der Waals surface area contributed by atoms with E-state index in [0.29, 0.717) is 12.6 Å². The molecule has 126 valence electrons. The van der Waals surface area contributed by atoms with Crippen molar-refractivity contribution in [3.05, 3.63) is 36.1 Å². The molecule has 1 fully saturated rings. The van der Waals surface area contributed by atoms with Crippen LogP contribution in [0.3, 0.4) is 0 Å². The lowest BCUT2D eigenvalue weighted by Gasteiger charge is -2.22. The Morgan fingerprint density at radius 1 is 1.35 bits per heavy atom. The number of aliphatic hydroxyl groups excluding tert-OH is 1. The van der Waals surface area contributed by atoms with Crippen molar-refractivity contribution in [2.75, 3.05) is 26.2 Å². The molecule has 0 spiro atoms. The van der Waals surface area contributed by atoms with Gasteiger partial charge in [0.2, 0.25) is 0 Å². The quantitative estimate of drug-likeness (QED) is 0.734. The lowest BCUT2D eigenvalue weighted by Crippen LogP contribution is -2.33. The fraction of sp³-hybridized carbons (Fsp3) is 0.579. The van der Waals surface area contributed by atoms with Crippen molar-refractivity contribution in [2.24, 2.45) is 0 Å². The number of benzene rings is 1. The molecule has 1 aromatic carbocycles. The summed E-state index contributed by atoms with van der Waals surface area (Å²) in [5, 5.41) is 14.0. The van der Waals surface area contributed by atoms with Crippen LogP contribution in [-0.2, 0) is 0 Å². The zero-order valence-corrected chi connectivity index (χ0v) is 14.0. The molecule has 4 nitrogen and oxygen atoms in total. The maximum absolute atomic E-state index is 9.33. The van der Waals surface area contributed by atoms with Crippen molar-refractivity contribution in [2.45, 2.75) is 44.7 Å². The van der Waals surface area contributed by atoms with E-state index < -0.39 is 0 Å². The van der Waals surface area contributed by atoms with Gasteiger partial charge in [-0.3, -0.25) is 4.90 Å². The molecule has 0 amide bonds. The minimum atomic E-state index is 0.236. The maximum Gasteiger partial charge on any atom is 0.134 e. The average Bonchev–Trinajstić information content (AvgIpc) is 3.20. The van der Waals surface area contributed by atoms with Crippen molar-refractivity contribution in [3.63, 3.8) is 0 Å². The zero-order chi connectivity index (χ0) is 16.1. The number of fused-ring (bicyclic) bond motifs is 1. The van der Waals surface area contributed by atoms with Gasteiger partial charge in [0.1, 0.15) is 11.3 Å². The van der Waals surface area contributed by atoms with Crippen molar-refractivity contribution >= 4 is 11.0 Å². The van der Waals surface area contributed by atoms with Gasteiger partial charge in [0.25, 0.3) is 0 Å². The van der Waals surface area contributed by atoms with Crippen molar-refractivity contribution in [1.29, 1.82) is 0 Å². The van der Waals surface area contributed by atoms with Gasteiger partial charge < -0.3 is 14.8 Å². The number of rotatable bonds is 8. The second-order valence-electron chi connectivity index (χ2n) is 6.58. The highest BCUT2D eigenvalue weighted by molar-refractivity contribution is 5.77. The molecular weight excluding hydrogens is 288 g/mol. The van der Waals surface area contributed by atoms with Gasteiger partial charge in [-0.25, -0.2) is 0 Å². The SMILES string of the molecule is CC(NCCCCN1CCCC1CO)c1cc2ccccc2o1. The van der Waals surface area contributed by atoms with Gasteiger partial charge in [-0.15, -0.1) is 0 Å². The highest BCUT2D eigenvalue weighted by atomic mass is 16.3.